The molecule has 0 heterocycles. The van der Waals surface area contributed by atoms with Crippen molar-refractivity contribution in [3.8, 4) is 0 Å². The van der Waals surface area contributed by atoms with Crippen LogP contribution in [0.5, 0.6) is 0 Å². The number of hydrogen-bond acceptors (Lipinski definition) is 5. The van der Waals surface area contributed by atoms with E-state index in [2.05, 4.69) is 10.6 Å². The summed E-state index contributed by atoms with van der Waals surface area (Å²) in [5.74, 6) is -0.820. The fourth-order valence-corrected chi connectivity index (χ4v) is 6.15. The van der Waals surface area contributed by atoms with E-state index in [4.69, 9.17) is 4.74 Å². The van der Waals surface area contributed by atoms with Crippen LogP contribution in [0.3, 0.4) is 0 Å². The van der Waals surface area contributed by atoms with Crippen LogP contribution in [-0.4, -0.2) is 46.6 Å². The normalized spacial score (nSPS) is 20.5. The third-order valence-corrected chi connectivity index (χ3v) is 8.37. The molecule has 7 heteroatoms. The van der Waals surface area contributed by atoms with Gasteiger partial charge in [0, 0.05) is 12.3 Å². The van der Waals surface area contributed by atoms with Crippen LogP contribution < -0.4 is 10.6 Å². The summed E-state index contributed by atoms with van der Waals surface area (Å²) in [6.45, 7) is 0. The second kappa shape index (κ2) is 13.8. The quantitative estimate of drug-likeness (QED) is 0.275. The Kier molecular flexibility index (Phi) is 9.70. The predicted molar refractivity (Wildman–Crippen MR) is 157 cm³/mol. The molecule has 3 aromatic carbocycles. The molecular weight excluding hydrogens is 516 g/mol. The van der Waals surface area contributed by atoms with Crippen molar-refractivity contribution in [1.82, 2.24) is 10.6 Å². The topological polar surface area (TPSA) is 108 Å². The molecule has 0 spiro atoms. The highest BCUT2D eigenvalue weighted by Gasteiger charge is 2.35. The summed E-state index contributed by atoms with van der Waals surface area (Å²) >= 11 is 0. The zero-order chi connectivity index (χ0) is 28.6. The van der Waals surface area contributed by atoms with Gasteiger partial charge < -0.3 is 25.6 Å². The molecule has 5 atom stereocenters. The molecule has 1 fully saturated rings. The van der Waals surface area contributed by atoms with Crippen LogP contribution in [0.4, 0.5) is 4.79 Å². The molecule has 3 aromatic rings. The highest BCUT2D eigenvalue weighted by Crippen LogP contribution is 2.32. The number of carbonyl (C=O) groups is 2. The van der Waals surface area contributed by atoms with Crippen molar-refractivity contribution in [3.63, 3.8) is 0 Å². The molecule has 2 amide bonds. The zero-order valence-corrected chi connectivity index (χ0v) is 23.3. The lowest BCUT2D eigenvalue weighted by Crippen LogP contribution is -2.48. The molecule has 216 valence electrons. The molecule has 7 nitrogen and oxygen atoms in total. The molecular formula is C34H40N2O5. The van der Waals surface area contributed by atoms with Gasteiger partial charge in [0.15, 0.2) is 0 Å². The fourth-order valence-electron chi connectivity index (χ4n) is 6.15. The zero-order valence-electron chi connectivity index (χ0n) is 23.3. The first-order chi connectivity index (χ1) is 20.0. The molecule has 4 N–H and O–H groups in total. The number of alkyl carbamates (subject to hydrolysis) is 1. The largest absolute Gasteiger partial charge is 0.446 e. The first kappa shape index (κ1) is 28.8. The number of carbonyl (C=O) groups excluding carboxylic acids is 2. The molecule has 0 radical (unpaired) electrons. The van der Waals surface area contributed by atoms with Gasteiger partial charge in [-0.15, -0.1) is 0 Å². The predicted octanol–water partition coefficient (Wildman–Crippen LogP) is 4.65. The average molecular weight is 557 g/mol. The summed E-state index contributed by atoms with van der Waals surface area (Å²) in [6.07, 6.45) is 2.88. The molecule has 2 aliphatic rings. The number of benzene rings is 3. The summed E-state index contributed by atoms with van der Waals surface area (Å²) in [5, 5.41) is 28.3. The standard InChI is InChI=1S/C34H40N2O5/c37-30(29(20-24-13-5-2-6-14-24)35-34(40)41-27-16-8-9-17-27)22-26(19-23-11-3-1-4-12-23)33(39)36-32-28-18-10-7-15-25(28)21-31(32)38/h1-7,10-15,18,26-27,29-32,37-38H,8-9,16-17,19-22H2,(H,35,40)(H,36,39)/t26-,29+,30+,31-,32+/m1/s1. The SMILES string of the molecule is O=C(N[C@@H](Cc1ccccc1)[C@@H](O)C[C@@H](Cc1ccccc1)C(=O)N[C@H]1c2ccccc2C[C@H]1O)OC1CCCC1. The Hall–Kier alpha value is -3.68. The molecule has 41 heavy (non-hydrogen) atoms. The Morgan fingerprint density at radius 1 is 0.854 bits per heavy atom. The maximum Gasteiger partial charge on any atom is 0.407 e. The highest BCUT2D eigenvalue weighted by atomic mass is 16.6. The van der Waals surface area contributed by atoms with E-state index in [9.17, 15) is 19.8 Å². The van der Waals surface area contributed by atoms with E-state index in [1.54, 1.807) is 0 Å². The van der Waals surface area contributed by atoms with Crippen molar-refractivity contribution in [1.29, 1.82) is 0 Å². The Balaban J connectivity index is 1.33. The van der Waals surface area contributed by atoms with Crippen LogP contribution in [0, 0.1) is 5.92 Å². The molecule has 0 bridgehead atoms. The third-order valence-electron chi connectivity index (χ3n) is 8.37. The Labute approximate surface area is 241 Å². The van der Waals surface area contributed by atoms with E-state index in [-0.39, 0.29) is 18.4 Å². The molecule has 0 unspecified atom stereocenters. The molecule has 0 saturated heterocycles. The highest BCUT2D eigenvalue weighted by molar-refractivity contribution is 5.80. The lowest BCUT2D eigenvalue weighted by molar-refractivity contribution is -0.127. The number of amides is 2. The van der Waals surface area contributed by atoms with Gasteiger partial charge in [0.25, 0.3) is 0 Å². The first-order valence-electron chi connectivity index (χ1n) is 14.8. The van der Waals surface area contributed by atoms with Gasteiger partial charge >= 0.3 is 6.09 Å². The van der Waals surface area contributed by atoms with Crippen LogP contribution in [0.1, 0.15) is 60.4 Å². The first-order valence-corrected chi connectivity index (χ1v) is 14.8. The van der Waals surface area contributed by atoms with E-state index < -0.39 is 36.3 Å². The van der Waals surface area contributed by atoms with Crippen molar-refractivity contribution >= 4 is 12.0 Å². The molecule has 1 saturated carbocycles. The number of ether oxygens (including phenoxy) is 1. The Morgan fingerprint density at radius 3 is 2.15 bits per heavy atom. The monoisotopic (exact) mass is 556 g/mol. The second-order valence-electron chi connectivity index (χ2n) is 11.4. The lowest BCUT2D eigenvalue weighted by Gasteiger charge is -2.29. The van der Waals surface area contributed by atoms with Crippen LogP contribution in [0.2, 0.25) is 0 Å². The molecule has 5 rings (SSSR count). The van der Waals surface area contributed by atoms with Crippen molar-refractivity contribution in [2.75, 3.05) is 0 Å². The summed E-state index contributed by atoms with van der Waals surface area (Å²) < 4.78 is 5.64. The summed E-state index contributed by atoms with van der Waals surface area (Å²) in [4.78, 5) is 26.6. The van der Waals surface area contributed by atoms with Gasteiger partial charge in [0.1, 0.15) is 6.10 Å². The summed E-state index contributed by atoms with van der Waals surface area (Å²) in [6, 6.07) is 26.0. The molecule has 0 aromatic heterocycles. The van der Waals surface area contributed by atoms with Crippen molar-refractivity contribution in [3.05, 3.63) is 107 Å². The second-order valence-corrected chi connectivity index (χ2v) is 11.4. The van der Waals surface area contributed by atoms with Crippen LogP contribution >= 0.6 is 0 Å². The van der Waals surface area contributed by atoms with Crippen LogP contribution in [0.15, 0.2) is 84.9 Å². The maximum atomic E-state index is 13.8. The number of fused-ring (bicyclic) bond motifs is 1. The van der Waals surface area contributed by atoms with Crippen molar-refractivity contribution in [2.45, 2.75) is 81.8 Å². The van der Waals surface area contributed by atoms with Gasteiger partial charge in [-0.05, 0) is 67.2 Å². The van der Waals surface area contributed by atoms with Gasteiger partial charge in [-0.25, -0.2) is 4.79 Å². The Morgan fingerprint density at radius 2 is 1.46 bits per heavy atom. The number of aliphatic hydroxyl groups is 2. The van der Waals surface area contributed by atoms with E-state index in [1.165, 1.54) is 0 Å². The lowest BCUT2D eigenvalue weighted by atomic mass is 9.88. The number of nitrogens with one attached hydrogen (secondary N) is 2. The third kappa shape index (κ3) is 7.75. The van der Waals surface area contributed by atoms with Crippen LogP contribution in [0.25, 0.3) is 0 Å². The summed E-state index contributed by atoms with van der Waals surface area (Å²) in [7, 11) is 0. The van der Waals surface area contributed by atoms with Gasteiger partial charge in [-0.2, -0.15) is 0 Å². The smallest absolute Gasteiger partial charge is 0.407 e. The minimum atomic E-state index is -1.01. The van der Waals surface area contributed by atoms with Gasteiger partial charge in [0.05, 0.1) is 24.3 Å². The van der Waals surface area contributed by atoms with Crippen molar-refractivity contribution in [2.24, 2.45) is 5.92 Å². The fraction of sp³-hybridized carbons (Fsp3) is 0.412. The number of rotatable bonds is 11. The van der Waals surface area contributed by atoms with E-state index >= 15 is 0 Å². The maximum absolute atomic E-state index is 13.8. The summed E-state index contributed by atoms with van der Waals surface area (Å²) in [5.41, 5.74) is 3.89. The minimum absolute atomic E-state index is 0.0955. The van der Waals surface area contributed by atoms with Crippen molar-refractivity contribution < 1.29 is 24.5 Å². The van der Waals surface area contributed by atoms with Crippen LogP contribution in [-0.2, 0) is 28.8 Å². The van der Waals surface area contributed by atoms with Gasteiger partial charge in [-0.3, -0.25) is 4.79 Å². The van der Waals surface area contributed by atoms with E-state index in [0.29, 0.717) is 19.3 Å². The minimum Gasteiger partial charge on any atom is -0.446 e. The molecule has 0 aliphatic heterocycles. The van der Waals surface area contributed by atoms with Gasteiger partial charge in [0.2, 0.25) is 5.91 Å². The average Bonchev–Trinajstić information content (AvgIpc) is 3.60. The van der Waals surface area contributed by atoms with E-state index in [0.717, 1.165) is 47.9 Å². The number of hydrogen-bond donors (Lipinski definition) is 4. The van der Waals surface area contributed by atoms with Gasteiger partial charge in [-0.1, -0.05) is 84.9 Å². The number of aliphatic hydroxyl groups excluding tert-OH is 2. The Bertz CT molecular complexity index is 1280. The molecule has 2 aliphatic carbocycles. The van der Waals surface area contributed by atoms with E-state index in [1.807, 2.05) is 84.9 Å².